The van der Waals surface area contributed by atoms with Crippen molar-refractivity contribution in [1.29, 1.82) is 0 Å². The zero-order valence-electron chi connectivity index (χ0n) is 13.2. The molecule has 7 heteroatoms. The third-order valence-corrected chi connectivity index (χ3v) is 4.66. The maximum atomic E-state index is 12.7. The van der Waals surface area contributed by atoms with Crippen molar-refractivity contribution < 1.29 is 14.5 Å². The van der Waals surface area contributed by atoms with E-state index in [1.54, 1.807) is 24.3 Å². The van der Waals surface area contributed by atoms with E-state index in [4.69, 9.17) is 0 Å². The number of amides is 2. The number of benzene rings is 2. The second kappa shape index (κ2) is 5.93. The summed E-state index contributed by atoms with van der Waals surface area (Å²) in [5.74, 6) is -0.837. The zero-order chi connectivity index (χ0) is 17.6. The Kier molecular flexibility index (Phi) is 3.73. The van der Waals surface area contributed by atoms with Crippen molar-refractivity contribution in [2.45, 2.75) is 24.9 Å². The Morgan fingerprint density at radius 1 is 0.960 bits per heavy atom. The molecule has 2 aromatic rings. The number of nitro groups is 1. The Morgan fingerprint density at radius 2 is 1.56 bits per heavy atom. The number of nitro benzene ring substituents is 1. The summed E-state index contributed by atoms with van der Waals surface area (Å²) in [5.41, 5.74) is 0.311. The van der Waals surface area contributed by atoms with Gasteiger partial charge in [0.25, 0.3) is 5.69 Å². The van der Waals surface area contributed by atoms with Crippen LogP contribution in [0.2, 0.25) is 0 Å². The van der Waals surface area contributed by atoms with E-state index in [0.717, 1.165) is 17.7 Å². The van der Waals surface area contributed by atoms with E-state index in [-0.39, 0.29) is 17.8 Å². The third-order valence-electron chi connectivity index (χ3n) is 4.66. The van der Waals surface area contributed by atoms with Gasteiger partial charge in [-0.3, -0.25) is 19.7 Å². The standard InChI is InChI=1S/C18H15N3O4/c22-17-9-11-5-6-12(19-11)10-18(23)20(17)15-7-8-16(21(24)25)14-4-2-1-3-13(14)15/h1-4,7-12,19H,5-6H2. The Balaban J connectivity index is 1.85. The molecule has 25 heavy (non-hydrogen) atoms. The third kappa shape index (κ3) is 2.66. The molecule has 2 heterocycles. The summed E-state index contributed by atoms with van der Waals surface area (Å²) in [7, 11) is 0. The summed E-state index contributed by atoms with van der Waals surface area (Å²) in [4.78, 5) is 37.3. The van der Waals surface area contributed by atoms with Crippen LogP contribution in [-0.4, -0.2) is 28.8 Å². The number of fused-ring (bicyclic) bond motifs is 3. The van der Waals surface area contributed by atoms with Gasteiger partial charge in [-0.25, -0.2) is 4.90 Å². The molecule has 2 atom stereocenters. The molecule has 2 saturated heterocycles. The molecule has 4 rings (SSSR count). The van der Waals surface area contributed by atoms with Crippen molar-refractivity contribution in [1.82, 2.24) is 5.32 Å². The SMILES string of the molecule is O=C1[CH]C2CCC([CH]C(=O)N1c1ccc([N+](=O)[O-])c3ccccc13)N2. The van der Waals surface area contributed by atoms with Gasteiger partial charge in [0, 0.05) is 23.5 Å². The van der Waals surface area contributed by atoms with E-state index in [9.17, 15) is 19.7 Å². The molecule has 0 aromatic heterocycles. The van der Waals surface area contributed by atoms with Crippen LogP contribution in [0.15, 0.2) is 36.4 Å². The van der Waals surface area contributed by atoms with Gasteiger partial charge in [-0.05, 0) is 25.0 Å². The van der Waals surface area contributed by atoms with Gasteiger partial charge < -0.3 is 5.32 Å². The lowest BCUT2D eigenvalue weighted by Crippen LogP contribution is -2.47. The van der Waals surface area contributed by atoms with Crippen molar-refractivity contribution in [3.8, 4) is 0 Å². The highest BCUT2D eigenvalue weighted by molar-refractivity contribution is 6.24. The number of hydrogen-bond donors (Lipinski definition) is 1. The van der Waals surface area contributed by atoms with Gasteiger partial charge in [0.05, 0.1) is 28.8 Å². The summed E-state index contributed by atoms with van der Waals surface area (Å²) in [6, 6.07) is 9.41. The van der Waals surface area contributed by atoms with Gasteiger partial charge in [-0.1, -0.05) is 18.2 Å². The second-order valence-corrected chi connectivity index (χ2v) is 6.21. The summed E-state index contributed by atoms with van der Waals surface area (Å²) < 4.78 is 0. The molecule has 0 saturated carbocycles. The molecule has 2 fully saturated rings. The highest BCUT2D eigenvalue weighted by Gasteiger charge is 2.37. The number of hydrogen-bond acceptors (Lipinski definition) is 5. The van der Waals surface area contributed by atoms with Gasteiger partial charge in [0.1, 0.15) is 0 Å². The molecular formula is C18H15N3O4. The molecular weight excluding hydrogens is 322 g/mol. The lowest BCUT2D eigenvalue weighted by atomic mass is 10.0. The van der Waals surface area contributed by atoms with Crippen LogP contribution in [0.1, 0.15) is 12.8 Å². The first-order valence-corrected chi connectivity index (χ1v) is 8.04. The average Bonchev–Trinajstić information content (AvgIpc) is 3.02. The Labute approximate surface area is 143 Å². The minimum absolute atomic E-state index is 0.0546. The van der Waals surface area contributed by atoms with Crippen LogP contribution in [-0.2, 0) is 9.59 Å². The smallest absolute Gasteiger partial charge is 0.277 e. The first kappa shape index (κ1) is 15.7. The highest BCUT2D eigenvalue weighted by Crippen LogP contribution is 2.35. The molecule has 2 unspecified atom stereocenters. The van der Waals surface area contributed by atoms with E-state index < -0.39 is 16.7 Å². The Hall–Kier alpha value is -2.80. The number of non-ortho nitro benzene ring substituents is 1. The van der Waals surface area contributed by atoms with E-state index >= 15 is 0 Å². The number of imide groups is 1. The largest absolute Gasteiger partial charge is 0.310 e. The minimum atomic E-state index is -0.467. The molecule has 0 aliphatic carbocycles. The fraction of sp³-hybridized carbons (Fsp3) is 0.222. The van der Waals surface area contributed by atoms with Crippen LogP contribution in [0.3, 0.4) is 0 Å². The summed E-state index contributed by atoms with van der Waals surface area (Å²) in [6.45, 7) is 0. The highest BCUT2D eigenvalue weighted by atomic mass is 16.6. The lowest BCUT2D eigenvalue weighted by Gasteiger charge is -2.27. The van der Waals surface area contributed by atoms with Gasteiger partial charge in [-0.15, -0.1) is 0 Å². The van der Waals surface area contributed by atoms with Crippen LogP contribution in [0.4, 0.5) is 11.4 Å². The van der Waals surface area contributed by atoms with Crippen LogP contribution in [0, 0.1) is 23.0 Å². The molecule has 0 spiro atoms. The quantitative estimate of drug-likeness (QED) is 0.515. The molecule has 2 aliphatic heterocycles. The van der Waals surface area contributed by atoms with E-state index in [0.29, 0.717) is 16.5 Å². The maximum absolute atomic E-state index is 12.7. The molecule has 7 nitrogen and oxygen atoms in total. The fourth-order valence-electron chi connectivity index (χ4n) is 3.52. The van der Waals surface area contributed by atoms with Crippen molar-refractivity contribution in [2.75, 3.05) is 4.90 Å². The predicted molar refractivity (Wildman–Crippen MR) is 91.6 cm³/mol. The molecule has 2 radical (unpaired) electrons. The van der Waals surface area contributed by atoms with Crippen molar-refractivity contribution in [3.63, 3.8) is 0 Å². The van der Waals surface area contributed by atoms with Crippen LogP contribution >= 0.6 is 0 Å². The first-order valence-electron chi connectivity index (χ1n) is 8.04. The van der Waals surface area contributed by atoms with Gasteiger partial charge in [0.2, 0.25) is 11.8 Å². The number of carbonyl (C=O) groups excluding carboxylic acids is 2. The second-order valence-electron chi connectivity index (χ2n) is 6.21. The van der Waals surface area contributed by atoms with Gasteiger partial charge >= 0.3 is 0 Å². The fourth-order valence-corrected chi connectivity index (χ4v) is 3.52. The van der Waals surface area contributed by atoms with Crippen LogP contribution < -0.4 is 10.2 Å². The molecule has 2 amide bonds. The van der Waals surface area contributed by atoms with Crippen molar-refractivity contribution in [2.24, 2.45) is 0 Å². The summed E-state index contributed by atoms with van der Waals surface area (Å²) in [5, 5.41) is 15.4. The normalized spacial score (nSPS) is 23.6. The maximum Gasteiger partial charge on any atom is 0.277 e. The molecule has 2 aliphatic rings. The molecule has 2 aromatic carbocycles. The van der Waals surface area contributed by atoms with Crippen molar-refractivity contribution in [3.05, 3.63) is 59.4 Å². The summed E-state index contributed by atoms with van der Waals surface area (Å²) in [6.07, 6.45) is 4.63. The molecule has 2 bridgehead atoms. The first-order chi connectivity index (χ1) is 12.0. The van der Waals surface area contributed by atoms with Crippen LogP contribution in [0.5, 0.6) is 0 Å². The Bertz CT molecular complexity index is 871. The number of nitrogens with one attached hydrogen (secondary N) is 1. The van der Waals surface area contributed by atoms with Crippen LogP contribution in [0.25, 0.3) is 10.8 Å². The average molecular weight is 337 g/mol. The lowest BCUT2D eigenvalue weighted by molar-refractivity contribution is -0.383. The number of carbonyl (C=O) groups is 2. The van der Waals surface area contributed by atoms with Gasteiger partial charge in [0.15, 0.2) is 0 Å². The van der Waals surface area contributed by atoms with E-state index in [1.165, 1.54) is 25.0 Å². The number of nitrogens with zero attached hydrogens (tertiary/aromatic N) is 2. The topological polar surface area (TPSA) is 92.5 Å². The van der Waals surface area contributed by atoms with Crippen molar-refractivity contribution >= 4 is 34.0 Å². The zero-order valence-corrected chi connectivity index (χ0v) is 13.2. The molecule has 126 valence electrons. The number of anilines is 1. The molecule has 1 N–H and O–H groups in total. The van der Waals surface area contributed by atoms with E-state index in [2.05, 4.69) is 5.32 Å². The Morgan fingerprint density at radius 3 is 2.16 bits per heavy atom. The monoisotopic (exact) mass is 337 g/mol. The van der Waals surface area contributed by atoms with Gasteiger partial charge in [-0.2, -0.15) is 0 Å². The summed E-state index contributed by atoms with van der Waals surface area (Å²) >= 11 is 0. The number of rotatable bonds is 2. The minimum Gasteiger partial charge on any atom is -0.310 e. The van der Waals surface area contributed by atoms with E-state index in [1.807, 2.05) is 0 Å². The predicted octanol–water partition coefficient (Wildman–Crippen LogP) is 2.15.